The van der Waals surface area contributed by atoms with Crippen molar-refractivity contribution in [1.29, 1.82) is 0 Å². The number of benzene rings is 1. The van der Waals surface area contributed by atoms with Crippen molar-refractivity contribution in [3.63, 3.8) is 0 Å². The minimum absolute atomic E-state index is 0. The second-order valence-electron chi connectivity index (χ2n) is 6.33. The smallest absolute Gasteiger partial charge is 0.253 e. The molecule has 8 nitrogen and oxygen atoms in total. The molecule has 11 heteroatoms. The van der Waals surface area contributed by atoms with Crippen molar-refractivity contribution < 1.29 is 17.9 Å². The normalized spacial score (nSPS) is 19.7. The third-order valence-corrected chi connectivity index (χ3v) is 5.48. The third-order valence-electron chi connectivity index (χ3n) is 4.56. The number of hydrogen-bond donors (Lipinski definition) is 3. The second-order valence-corrected chi connectivity index (χ2v) is 7.89. The maximum absolute atomic E-state index is 12.7. The molecule has 1 aromatic carbocycles. The molecule has 0 aliphatic carbocycles. The fraction of sp³-hybridized carbons (Fsp3) is 0.562. The maximum atomic E-state index is 12.7. The van der Waals surface area contributed by atoms with E-state index in [1.807, 2.05) is 4.90 Å². The molecule has 2 heterocycles. The topological polar surface area (TPSA) is 114 Å². The van der Waals surface area contributed by atoms with Crippen molar-refractivity contribution in [3.05, 3.63) is 23.8 Å². The Bertz CT molecular complexity index is 736. The van der Waals surface area contributed by atoms with E-state index in [1.54, 1.807) is 6.07 Å². The number of nitrogens with two attached hydrogens (primary N) is 1. The summed E-state index contributed by atoms with van der Waals surface area (Å²) >= 11 is 0. The van der Waals surface area contributed by atoms with Crippen LogP contribution < -0.4 is 20.7 Å². The number of halogens is 2. The highest BCUT2D eigenvalue weighted by Crippen LogP contribution is 2.25. The fourth-order valence-electron chi connectivity index (χ4n) is 3.20. The molecule has 1 unspecified atom stereocenters. The lowest BCUT2D eigenvalue weighted by molar-refractivity contribution is 0.0948. The van der Waals surface area contributed by atoms with E-state index in [9.17, 15) is 13.2 Å². The molecule has 4 N–H and O–H groups in total. The average molecular weight is 441 g/mol. The Morgan fingerprint density at radius 1 is 1.30 bits per heavy atom. The number of hydrogen-bond acceptors (Lipinski definition) is 6. The standard InChI is InChI=1S/C16H24N4O4S.2ClH/c17-25(22,23)13-3-4-15(20-6-8-24-9-7-20)14(10-13)16(21)19-11-12-2-1-5-18-12;;/h3-4,10,12,18H,1-2,5-9,11H2,(H,19,21)(H2,17,22,23);2*1H. The van der Waals surface area contributed by atoms with Crippen LogP contribution in [0.5, 0.6) is 0 Å². The largest absolute Gasteiger partial charge is 0.378 e. The Balaban J connectivity index is 0.00000182. The molecule has 1 amide bonds. The lowest BCUT2D eigenvalue weighted by Crippen LogP contribution is -2.40. The van der Waals surface area contributed by atoms with E-state index in [4.69, 9.17) is 9.88 Å². The van der Waals surface area contributed by atoms with Gasteiger partial charge in [-0.25, -0.2) is 13.6 Å². The van der Waals surface area contributed by atoms with E-state index in [0.717, 1.165) is 19.4 Å². The van der Waals surface area contributed by atoms with Crippen molar-refractivity contribution >= 4 is 46.4 Å². The Hall–Kier alpha value is -1.10. The number of amides is 1. The number of nitrogens with zero attached hydrogens (tertiary/aromatic N) is 1. The molecule has 0 bridgehead atoms. The van der Waals surface area contributed by atoms with Crippen molar-refractivity contribution in [3.8, 4) is 0 Å². The monoisotopic (exact) mass is 440 g/mol. The zero-order chi connectivity index (χ0) is 17.9. The third kappa shape index (κ3) is 6.20. The number of carbonyl (C=O) groups is 1. The lowest BCUT2D eigenvalue weighted by Gasteiger charge is -2.30. The fourth-order valence-corrected chi connectivity index (χ4v) is 3.74. The van der Waals surface area contributed by atoms with Crippen LogP contribution in [0.15, 0.2) is 23.1 Å². The van der Waals surface area contributed by atoms with Gasteiger partial charge < -0.3 is 20.3 Å². The van der Waals surface area contributed by atoms with Crippen LogP contribution in [0.2, 0.25) is 0 Å². The number of anilines is 1. The van der Waals surface area contributed by atoms with Crippen molar-refractivity contribution in [2.75, 3.05) is 44.3 Å². The Kier molecular flexibility index (Phi) is 9.26. The van der Waals surface area contributed by atoms with Gasteiger partial charge in [0.25, 0.3) is 5.91 Å². The zero-order valence-electron chi connectivity index (χ0n) is 14.8. The van der Waals surface area contributed by atoms with Crippen LogP contribution in [0.1, 0.15) is 23.2 Å². The molecule has 154 valence electrons. The first kappa shape index (κ1) is 23.9. The van der Waals surface area contributed by atoms with Crippen molar-refractivity contribution in [2.24, 2.45) is 5.14 Å². The number of primary sulfonamides is 1. The van der Waals surface area contributed by atoms with Gasteiger partial charge in [-0.05, 0) is 37.6 Å². The van der Waals surface area contributed by atoms with Crippen molar-refractivity contribution in [1.82, 2.24) is 10.6 Å². The quantitative estimate of drug-likeness (QED) is 0.613. The molecule has 2 aliphatic rings. The van der Waals surface area contributed by atoms with Gasteiger partial charge in [0, 0.05) is 31.4 Å². The summed E-state index contributed by atoms with van der Waals surface area (Å²) in [6.45, 7) is 3.92. The molecular formula is C16H26Cl2N4O4S. The molecule has 2 aliphatic heterocycles. The van der Waals surface area contributed by atoms with Crippen LogP contribution in [-0.4, -0.2) is 59.8 Å². The minimum atomic E-state index is -3.87. The molecule has 27 heavy (non-hydrogen) atoms. The van der Waals surface area contributed by atoms with Gasteiger partial charge in [0.05, 0.1) is 23.7 Å². The molecule has 2 fully saturated rings. The predicted molar refractivity (Wildman–Crippen MR) is 109 cm³/mol. The van der Waals surface area contributed by atoms with Crippen molar-refractivity contribution in [2.45, 2.75) is 23.8 Å². The first-order valence-electron chi connectivity index (χ1n) is 8.46. The van der Waals surface area contributed by atoms with Crippen LogP contribution in [0.3, 0.4) is 0 Å². The summed E-state index contributed by atoms with van der Waals surface area (Å²) in [6, 6.07) is 4.71. The molecule has 0 saturated carbocycles. The number of nitrogens with one attached hydrogen (secondary N) is 2. The van der Waals surface area contributed by atoms with Gasteiger partial charge in [0.2, 0.25) is 10.0 Å². The van der Waals surface area contributed by atoms with Crippen LogP contribution in [0, 0.1) is 0 Å². The Morgan fingerprint density at radius 3 is 2.59 bits per heavy atom. The first-order valence-corrected chi connectivity index (χ1v) is 10.0. The SMILES string of the molecule is Cl.Cl.NS(=O)(=O)c1ccc(N2CCOCC2)c(C(=O)NCC2CCCN2)c1. The molecule has 0 aromatic heterocycles. The highest BCUT2D eigenvalue weighted by atomic mass is 35.5. The highest BCUT2D eigenvalue weighted by Gasteiger charge is 2.22. The van der Waals surface area contributed by atoms with Gasteiger partial charge in [-0.15, -0.1) is 24.8 Å². The summed E-state index contributed by atoms with van der Waals surface area (Å²) in [4.78, 5) is 14.7. The van der Waals surface area contributed by atoms with E-state index < -0.39 is 10.0 Å². The Morgan fingerprint density at radius 2 is 2.00 bits per heavy atom. The first-order chi connectivity index (χ1) is 11.9. The van der Waals surface area contributed by atoms with Gasteiger partial charge in [0.1, 0.15) is 0 Å². The average Bonchev–Trinajstić information content (AvgIpc) is 3.12. The van der Waals surface area contributed by atoms with E-state index >= 15 is 0 Å². The second kappa shape index (κ2) is 10.4. The summed E-state index contributed by atoms with van der Waals surface area (Å²) in [5, 5.41) is 11.4. The number of carbonyl (C=O) groups excluding carboxylic acids is 1. The lowest BCUT2D eigenvalue weighted by atomic mass is 10.1. The highest BCUT2D eigenvalue weighted by molar-refractivity contribution is 7.89. The zero-order valence-corrected chi connectivity index (χ0v) is 17.3. The van der Waals surface area contributed by atoms with Gasteiger partial charge in [-0.2, -0.15) is 0 Å². The summed E-state index contributed by atoms with van der Waals surface area (Å²) < 4.78 is 28.7. The molecule has 0 radical (unpaired) electrons. The molecule has 1 atom stereocenters. The summed E-state index contributed by atoms with van der Waals surface area (Å²) in [5.41, 5.74) is 1.03. The van der Waals surface area contributed by atoms with Crippen LogP contribution >= 0.6 is 24.8 Å². The van der Waals surface area contributed by atoms with Crippen LogP contribution in [0.25, 0.3) is 0 Å². The van der Waals surface area contributed by atoms with Gasteiger partial charge in [-0.1, -0.05) is 0 Å². The molecule has 3 rings (SSSR count). The van der Waals surface area contributed by atoms with E-state index in [1.165, 1.54) is 12.1 Å². The minimum Gasteiger partial charge on any atom is -0.378 e. The maximum Gasteiger partial charge on any atom is 0.253 e. The van der Waals surface area contributed by atoms with Crippen LogP contribution in [-0.2, 0) is 14.8 Å². The predicted octanol–water partition coefficient (Wildman–Crippen LogP) is 0.496. The summed E-state index contributed by atoms with van der Waals surface area (Å²) in [7, 11) is -3.87. The van der Waals surface area contributed by atoms with Gasteiger partial charge >= 0.3 is 0 Å². The number of ether oxygens (including phenoxy) is 1. The molecule has 1 aromatic rings. The van der Waals surface area contributed by atoms with E-state index in [2.05, 4.69) is 10.6 Å². The van der Waals surface area contributed by atoms with Gasteiger partial charge in [-0.3, -0.25) is 4.79 Å². The molecule has 0 spiro atoms. The Labute approximate surface area is 172 Å². The van der Waals surface area contributed by atoms with Crippen LogP contribution in [0.4, 0.5) is 5.69 Å². The number of rotatable bonds is 5. The van der Waals surface area contributed by atoms with E-state index in [-0.39, 0.29) is 41.7 Å². The summed E-state index contributed by atoms with van der Waals surface area (Å²) in [5.74, 6) is -0.291. The number of morpholine rings is 1. The molecule has 2 saturated heterocycles. The van der Waals surface area contributed by atoms with E-state index in [0.29, 0.717) is 44.1 Å². The summed E-state index contributed by atoms with van der Waals surface area (Å²) in [6.07, 6.45) is 2.12. The van der Waals surface area contributed by atoms with Gasteiger partial charge in [0.15, 0.2) is 0 Å². The number of sulfonamides is 1. The molecular weight excluding hydrogens is 415 g/mol.